The maximum atomic E-state index is 4.21. The minimum absolute atomic E-state index is 0.725. The van der Waals surface area contributed by atoms with Gasteiger partial charge in [0.05, 0.1) is 17.9 Å². The third kappa shape index (κ3) is 2.24. The summed E-state index contributed by atoms with van der Waals surface area (Å²) in [6.45, 7) is 0.725. The van der Waals surface area contributed by atoms with Gasteiger partial charge in [0.15, 0.2) is 0 Å². The van der Waals surface area contributed by atoms with E-state index in [2.05, 4.69) is 26.7 Å². The zero-order valence-electron chi connectivity index (χ0n) is 9.74. The summed E-state index contributed by atoms with van der Waals surface area (Å²) in [6, 6.07) is 12.0. The molecule has 90 valence electrons. The van der Waals surface area contributed by atoms with Gasteiger partial charge in [-0.2, -0.15) is 10.2 Å². The summed E-state index contributed by atoms with van der Waals surface area (Å²) in [5.74, 6) is 0. The quantitative estimate of drug-likeness (QED) is 0.733. The van der Waals surface area contributed by atoms with E-state index in [9.17, 15) is 0 Å². The van der Waals surface area contributed by atoms with Crippen LogP contribution in [0.5, 0.6) is 0 Å². The van der Waals surface area contributed by atoms with Crippen molar-refractivity contribution in [2.45, 2.75) is 6.54 Å². The van der Waals surface area contributed by atoms with Gasteiger partial charge in [-0.25, -0.2) is 4.68 Å². The van der Waals surface area contributed by atoms with Crippen molar-refractivity contribution in [1.29, 1.82) is 0 Å². The molecule has 5 nitrogen and oxygen atoms in total. The summed E-state index contributed by atoms with van der Waals surface area (Å²) in [4.78, 5) is 0. The summed E-state index contributed by atoms with van der Waals surface area (Å²) in [6.07, 6.45) is 5.44. The predicted molar refractivity (Wildman–Crippen MR) is 69.5 cm³/mol. The van der Waals surface area contributed by atoms with Crippen molar-refractivity contribution in [1.82, 2.24) is 20.0 Å². The first-order valence-electron chi connectivity index (χ1n) is 5.74. The predicted octanol–water partition coefficient (Wildman–Crippen LogP) is 2.21. The van der Waals surface area contributed by atoms with Crippen molar-refractivity contribution in [3.63, 3.8) is 0 Å². The van der Waals surface area contributed by atoms with E-state index < -0.39 is 0 Å². The number of aromatic nitrogens is 4. The lowest BCUT2D eigenvalue weighted by molar-refractivity contribution is 0.880. The second-order valence-electron chi connectivity index (χ2n) is 3.94. The van der Waals surface area contributed by atoms with Gasteiger partial charge in [0.2, 0.25) is 0 Å². The van der Waals surface area contributed by atoms with Crippen molar-refractivity contribution < 1.29 is 0 Å². The van der Waals surface area contributed by atoms with E-state index in [1.165, 1.54) is 0 Å². The average Bonchev–Trinajstić information content (AvgIpc) is 3.10. The van der Waals surface area contributed by atoms with E-state index in [4.69, 9.17) is 0 Å². The lowest BCUT2D eigenvalue weighted by Crippen LogP contribution is -2.01. The van der Waals surface area contributed by atoms with Gasteiger partial charge in [0.25, 0.3) is 0 Å². The van der Waals surface area contributed by atoms with Crippen molar-refractivity contribution in [2.75, 3.05) is 5.32 Å². The maximum Gasteiger partial charge on any atom is 0.0666 e. The molecular weight excluding hydrogens is 226 g/mol. The van der Waals surface area contributed by atoms with Crippen LogP contribution < -0.4 is 5.32 Å². The fraction of sp³-hybridized carbons (Fsp3) is 0.0769. The molecule has 0 radical (unpaired) electrons. The summed E-state index contributed by atoms with van der Waals surface area (Å²) in [5, 5.41) is 14.4. The molecule has 2 N–H and O–H groups in total. The SMILES string of the molecule is c1cc(NCc2ccn[nH]2)cc(-n2cccn2)c1. The van der Waals surface area contributed by atoms with Crippen molar-refractivity contribution in [3.8, 4) is 5.69 Å². The van der Waals surface area contributed by atoms with E-state index >= 15 is 0 Å². The topological polar surface area (TPSA) is 58.5 Å². The molecule has 18 heavy (non-hydrogen) atoms. The molecule has 2 heterocycles. The molecule has 0 saturated carbocycles. The molecule has 3 aromatic rings. The highest BCUT2D eigenvalue weighted by atomic mass is 15.3. The van der Waals surface area contributed by atoms with E-state index in [0.717, 1.165) is 23.6 Å². The zero-order valence-corrected chi connectivity index (χ0v) is 9.74. The van der Waals surface area contributed by atoms with Gasteiger partial charge in [-0.3, -0.25) is 5.10 Å². The Morgan fingerprint density at radius 3 is 2.94 bits per heavy atom. The molecule has 0 fully saturated rings. The minimum atomic E-state index is 0.725. The van der Waals surface area contributed by atoms with Crippen LogP contribution in [0.25, 0.3) is 5.69 Å². The normalized spacial score (nSPS) is 10.4. The number of H-pyrrole nitrogens is 1. The molecule has 0 aliphatic carbocycles. The molecule has 0 spiro atoms. The molecule has 0 atom stereocenters. The van der Waals surface area contributed by atoms with Crippen LogP contribution in [0.15, 0.2) is 55.0 Å². The molecule has 5 heteroatoms. The van der Waals surface area contributed by atoms with Crippen LogP contribution in [0.4, 0.5) is 5.69 Å². The van der Waals surface area contributed by atoms with Crippen LogP contribution in [0.1, 0.15) is 5.69 Å². The van der Waals surface area contributed by atoms with E-state index in [-0.39, 0.29) is 0 Å². The Bertz CT molecular complexity index is 598. The highest BCUT2D eigenvalue weighted by Gasteiger charge is 1.99. The number of hydrogen-bond acceptors (Lipinski definition) is 3. The van der Waals surface area contributed by atoms with Gasteiger partial charge in [0, 0.05) is 24.3 Å². The van der Waals surface area contributed by atoms with Crippen LogP contribution in [0.3, 0.4) is 0 Å². The summed E-state index contributed by atoms with van der Waals surface area (Å²) in [5.41, 5.74) is 3.15. The Kier molecular flexibility index (Phi) is 2.79. The van der Waals surface area contributed by atoms with Crippen LogP contribution in [0, 0.1) is 0 Å². The monoisotopic (exact) mass is 239 g/mol. The molecule has 2 aromatic heterocycles. The van der Waals surface area contributed by atoms with E-state index in [1.807, 2.05) is 41.2 Å². The molecular formula is C13H13N5. The highest BCUT2D eigenvalue weighted by molar-refractivity contribution is 5.50. The number of anilines is 1. The Morgan fingerprint density at radius 2 is 2.17 bits per heavy atom. The fourth-order valence-corrected chi connectivity index (χ4v) is 1.76. The number of benzene rings is 1. The summed E-state index contributed by atoms with van der Waals surface area (Å²) >= 11 is 0. The van der Waals surface area contributed by atoms with Gasteiger partial charge >= 0.3 is 0 Å². The fourth-order valence-electron chi connectivity index (χ4n) is 1.76. The third-order valence-electron chi connectivity index (χ3n) is 2.66. The van der Waals surface area contributed by atoms with Crippen molar-refractivity contribution in [3.05, 3.63) is 60.7 Å². The molecule has 0 aliphatic rings. The molecule has 1 aromatic carbocycles. The van der Waals surface area contributed by atoms with E-state index in [0.29, 0.717) is 0 Å². The molecule has 0 aliphatic heterocycles. The van der Waals surface area contributed by atoms with Crippen molar-refractivity contribution >= 4 is 5.69 Å². The minimum Gasteiger partial charge on any atom is -0.379 e. The number of rotatable bonds is 4. The van der Waals surface area contributed by atoms with Gasteiger partial charge in [-0.05, 0) is 30.3 Å². The molecule has 0 saturated heterocycles. The largest absolute Gasteiger partial charge is 0.379 e. The molecule has 0 unspecified atom stereocenters. The first-order chi connectivity index (χ1) is 8.92. The summed E-state index contributed by atoms with van der Waals surface area (Å²) < 4.78 is 1.83. The van der Waals surface area contributed by atoms with Gasteiger partial charge in [-0.15, -0.1) is 0 Å². The molecule has 0 amide bonds. The first-order valence-corrected chi connectivity index (χ1v) is 5.74. The van der Waals surface area contributed by atoms with Crippen LogP contribution in [-0.4, -0.2) is 20.0 Å². The van der Waals surface area contributed by atoms with Crippen LogP contribution in [0.2, 0.25) is 0 Å². The Labute approximate surface area is 104 Å². The van der Waals surface area contributed by atoms with Gasteiger partial charge < -0.3 is 5.32 Å². The van der Waals surface area contributed by atoms with Crippen LogP contribution >= 0.6 is 0 Å². The lowest BCUT2D eigenvalue weighted by Gasteiger charge is -2.07. The first kappa shape index (κ1) is 10.6. The van der Waals surface area contributed by atoms with E-state index in [1.54, 1.807) is 12.4 Å². The Morgan fingerprint density at radius 1 is 1.17 bits per heavy atom. The number of aromatic amines is 1. The second-order valence-corrected chi connectivity index (χ2v) is 3.94. The second kappa shape index (κ2) is 4.75. The number of nitrogens with zero attached hydrogens (tertiary/aromatic N) is 3. The van der Waals surface area contributed by atoms with Crippen LogP contribution in [-0.2, 0) is 6.54 Å². The highest BCUT2D eigenvalue weighted by Crippen LogP contribution is 2.14. The van der Waals surface area contributed by atoms with Gasteiger partial charge in [0.1, 0.15) is 0 Å². The van der Waals surface area contributed by atoms with Crippen molar-refractivity contribution in [2.24, 2.45) is 0 Å². The average molecular weight is 239 g/mol. The Balaban J connectivity index is 1.75. The Hall–Kier alpha value is -2.56. The third-order valence-corrected chi connectivity index (χ3v) is 2.66. The number of nitrogens with one attached hydrogen (secondary N) is 2. The maximum absolute atomic E-state index is 4.21. The summed E-state index contributed by atoms with van der Waals surface area (Å²) in [7, 11) is 0. The smallest absolute Gasteiger partial charge is 0.0666 e. The van der Waals surface area contributed by atoms with Gasteiger partial charge in [-0.1, -0.05) is 6.07 Å². The standard InChI is InChI=1S/C13H13N5/c1-3-11(14-10-12-5-7-15-17-12)9-13(4-1)18-8-2-6-16-18/h1-9,14H,10H2,(H,15,17). The number of hydrogen-bond donors (Lipinski definition) is 2. The molecule has 0 bridgehead atoms. The lowest BCUT2D eigenvalue weighted by atomic mass is 10.2. The molecule has 3 rings (SSSR count). The zero-order chi connectivity index (χ0) is 12.2.